The minimum absolute atomic E-state index is 0.0750. The molecule has 1 fully saturated rings. The van der Waals surface area contributed by atoms with Crippen LogP contribution in [0.3, 0.4) is 0 Å². The van der Waals surface area contributed by atoms with Crippen molar-refractivity contribution in [1.82, 2.24) is 9.88 Å². The summed E-state index contributed by atoms with van der Waals surface area (Å²) in [5, 5.41) is 1.51. The van der Waals surface area contributed by atoms with Gasteiger partial charge in [0.05, 0.1) is 5.69 Å². The van der Waals surface area contributed by atoms with E-state index >= 15 is 0 Å². The molecule has 6 heteroatoms. The van der Waals surface area contributed by atoms with E-state index in [0.29, 0.717) is 5.02 Å². The third-order valence-electron chi connectivity index (χ3n) is 4.75. The molecule has 2 aromatic carbocycles. The molecule has 0 saturated carbocycles. The lowest BCUT2D eigenvalue weighted by Gasteiger charge is -2.36. The maximum atomic E-state index is 13.0. The second-order valence-corrected chi connectivity index (χ2v) is 7.99. The van der Waals surface area contributed by atoms with Gasteiger partial charge >= 0.3 is 0 Å². The fraction of sp³-hybridized carbons (Fsp3) is 0.238. The van der Waals surface area contributed by atoms with Crippen LogP contribution in [0, 0.1) is 6.92 Å². The summed E-state index contributed by atoms with van der Waals surface area (Å²) >= 11 is 7.53. The van der Waals surface area contributed by atoms with Crippen molar-refractivity contribution in [1.29, 1.82) is 0 Å². The molecular formula is C21H20ClN3OS. The number of amides is 1. The van der Waals surface area contributed by atoms with E-state index < -0.39 is 0 Å². The number of aryl methyl sites for hydroxylation is 1. The van der Waals surface area contributed by atoms with Gasteiger partial charge in [-0.15, -0.1) is 11.3 Å². The zero-order valence-corrected chi connectivity index (χ0v) is 16.6. The van der Waals surface area contributed by atoms with Crippen LogP contribution in [0.25, 0.3) is 10.6 Å². The third-order valence-corrected chi connectivity index (χ3v) is 6.18. The second kappa shape index (κ2) is 7.71. The quantitative estimate of drug-likeness (QED) is 0.640. The standard InChI is InChI=1S/C21H20ClN3OS/c1-15-19(27-20(23-15)16-6-5-7-17(22)14-16)21(26)25-12-10-24(11-13-25)18-8-3-2-4-9-18/h2-9,14H,10-13H2,1H3. The maximum absolute atomic E-state index is 13.0. The number of aromatic nitrogens is 1. The molecule has 0 N–H and O–H groups in total. The summed E-state index contributed by atoms with van der Waals surface area (Å²) in [6.45, 7) is 5.02. The minimum atomic E-state index is 0.0750. The topological polar surface area (TPSA) is 36.4 Å². The summed E-state index contributed by atoms with van der Waals surface area (Å²) in [5.74, 6) is 0.0750. The fourth-order valence-corrected chi connectivity index (χ4v) is 4.51. The van der Waals surface area contributed by atoms with E-state index in [9.17, 15) is 4.79 Å². The van der Waals surface area contributed by atoms with Crippen LogP contribution >= 0.6 is 22.9 Å². The van der Waals surface area contributed by atoms with Crippen molar-refractivity contribution in [2.75, 3.05) is 31.1 Å². The molecule has 4 rings (SSSR count). The summed E-state index contributed by atoms with van der Waals surface area (Å²) in [5.41, 5.74) is 2.94. The first kappa shape index (κ1) is 18.0. The van der Waals surface area contributed by atoms with E-state index in [1.54, 1.807) is 0 Å². The third kappa shape index (κ3) is 3.84. The molecule has 2 heterocycles. The number of thiazole rings is 1. The summed E-state index contributed by atoms with van der Waals surface area (Å²) in [6.07, 6.45) is 0. The first-order valence-corrected chi connectivity index (χ1v) is 10.1. The first-order chi connectivity index (χ1) is 13.1. The van der Waals surface area contributed by atoms with Gasteiger partial charge < -0.3 is 9.80 Å². The van der Waals surface area contributed by atoms with Crippen molar-refractivity contribution in [3.63, 3.8) is 0 Å². The molecule has 27 heavy (non-hydrogen) atoms. The average Bonchev–Trinajstić information content (AvgIpc) is 3.10. The Morgan fingerprint density at radius 3 is 2.48 bits per heavy atom. The van der Waals surface area contributed by atoms with E-state index in [0.717, 1.165) is 47.3 Å². The van der Waals surface area contributed by atoms with Crippen LogP contribution in [0.2, 0.25) is 5.02 Å². The number of hydrogen-bond acceptors (Lipinski definition) is 4. The Kier molecular flexibility index (Phi) is 5.14. The molecule has 0 spiro atoms. The summed E-state index contributed by atoms with van der Waals surface area (Å²) in [6, 6.07) is 17.9. The van der Waals surface area contributed by atoms with Crippen LogP contribution < -0.4 is 4.90 Å². The van der Waals surface area contributed by atoms with Gasteiger partial charge in [-0.1, -0.05) is 41.9 Å². The molecule has 1 amide bonds. The van der Waals surface area contributed by atoms with Crippen molar-refractivity contribution in [3.05, 3.63) is 70.2 Å². The molecule has 4 nitrogen and oxygen atoms in total. The fourth-order valence-electron chi connectivity index (χ4n) is 3.29. The number of carbonyl (C=O) groups is 1. The van der Waals surface area contributed by atoms with Crippen LogP contribution in [0.5, 0.6) is 0 Å². The molecule has 1 aliphatic heterocycles. The van der Waals surface area contributed by atoms with Crippen LogP contribution in [0.15, 0.2) is 54.6 Å². The Morgan fingerprint density at radius 2 is 1.78 bits per heavy atom. The summed E-state index contributed by atoms with van der Waals surface area (Å²) in [4.78, 5) is 22.6. The van der Waals surface area contributed by atoms with Gasteiger partial charge in [0.15, 0.2) is 0 Å². The second-order valence-electron chi connectivity index (χ2n) is 6.56. The molecule has 0 radical (unpaired) electrons. The lowest BCUT2D eigenvalue weighted by atomic mass is 10.2. The van der Waals surface area contributed by atoms with E-state index in [1.165, 1.54) is 17.0 Å². The zero-order valence-electron chi connectivity index (χ0n) is 15.1. The van der Waals surface area contributed by atoms with Gasteiger partial charge in [-0.2, -0.15) is 0 Å². The van der Waals surface area contributed by atoms with Gasteiger partial charge in [0, 0.05) is 42.5 Å². The smallest absolute Gasteiger partial charge is 0.265 e. The number of carbonyl (C=O) groups excluding carboxylic acids is 1. The Balaban J connectivity index is 1.48. The van der Waals surface area contributed by atoms with Gasteiger partial charge in [0.1, 0.15) is 9.88 Å². The predicted octanol–water partition coefficient (Wildman–Crippen LogP) is 4.73. The van der Waals surface area contributed by atoms with Gasteiger partial charge in [0.25, 0.3) is 5.91 Å². The van der Waals surface area contributed by atoms with E-state index in [-0.39, 0.29) is 5.91 Å². The number of benzene rings is 2. The molecule has 1 saturated heterocycles. The van der Waals surface area contributed by atoms with Crippen molar-refractivity contribution < 1.29 is 4.79 Å². The monoisotopic (exact) mass is 397 g/mol. The lowest BCUT2D eigenvalue weighted by molar-refractivity contribution is 0.0750. The van der Waals surface area contributed by atoms with Crippen molar-refractivity contribution in [3.8, 4) is 10.6 Å². The predicted molar refractivity (Wildman–Crippen MR) is 112 cm³/mol. The molecule has 0 bridgehead atoms. The molecule has 138 valence electrons. The molecular weight excluding hydrogens is 378 g/mol. The summed E-state index contributed by atoms with van der Waals surface area (Å²) < 4.78 is 0. The highest BCUT2D eigenvalue weighted by molar-refractivity contribution is 7.17. The van der Waals surface area contributed by atoms with Gasteiger partial charge in [-0.3, -0.25) is 4.79 Å². The molecule has 3 aromatic rings. The number of para-hydroxylation sites is 1. The van der Waals surface area contributed by atoms with E-state index in [2.05, 4.69) is 22.0 Å². The molecule has 1 aliphatic rings. The number of nitrogens with zero attached hydrogens (tertiary/aromatic N) is 3. The molecule has 0 atom stereocenters. The van der Waals surface area contributed by atoms with Gasteiger partial charge in [-0.25, -0.2) is 4.98 Å². The zero-order chi connectivity index (χ0) is 18.8. The lowest BCUT2D eigenvalue weighted by Crippen LogP contribution is -2.48. The highest BCUT2D eigenvalue weighted by atomic mass is 35.5. The largest absolute Gasteiger partial charge is 0.368 e. The molecule has 1 aromatic heterocycles. The number of hydrogen-bond donors (Lipinski definition) is 0. The number of piperazine rings is 1. The first-order valence-electron chi connectivity index (χ1n) is 8.94. The Morgan fingerprint density at radius 1 is 1.04 bits per heavy atom. The normalized spacial score (nSPS) is 14.4. The van der Waals surface area contributed by atoms with Crippen LogP contribution in [0.1, 0.15) is 15.4 Å². The average molecular weight is 398 g/mol. The SMILES string of the molecule is Cc1nc(-c2cccc(Cl)c2)sc1C(=O)N1CCN(c2ccccc2)CC1. The van der Waals surface area contributed by atoms with Crippen molar-refractivity contribution in [2.45, 2.75) is 6.92 Å². The Bertz CT molecular complexity index is 949. The van der Waals surface area contributed by atoms with Crippen LogP contribution in [-0.2, 0) is 0 Å². The maximum Gasteiger partial charge on any atom is 0.265 e. The highest BCUT2D eigenvalue weighted by Gasteiger charge is 2.25. The Hall–Kier alpha value is -2.37. The molecule has 0 unspecified atom stereocenters. The Labute approximate surface area is 168 Å². The summed E-state index contributed by atoms with van der Waals surface area (Å²) in [7, 11) is 0. The van der Waals surface area contributed by atoms with Crippen LogP contribution in [0.4, 0.5) is 5.69 Å². The number of rotatable bonds is 3. The van der Waals surface area contributed by atoms with Crippen molar-refractivity contribution >= 4 is 34.5 Å². The number of anilines is 1. The van der Waals surface area contributed by atoms with Crippen LogP contribution in [-0.4, -0.2) is 42.0 Å². The highest BCUT2D eigenvalue weighted by Crippen LogP contribution is 2.30. The number of halogens is 1. The van der Waals surface area contributed by atoms with Gasteiger partial charge in [0.2, 0.25) is 0 Å². The van der Waals surface area contributed by atoms with Crippen molar-refractivity contribution in [2.24, 2.45) is 0 Å². The van der Waals surface area contributed by atoms with E-state index in [1.807, 2.05) is 54.3 Å². The van der Waals surface area contributed by atoms with E-state index in [4.69, 9.17) is 11.6 Å². The van der Waals surface area contributed by atoms with Gasteiger partial charge in [-0.05, 0) is 31.2 Å². The molecule has 0 aliphatic carbocycles. The minimum Gasteiger partial charge on any atom is -0.368 e.